The van der Waals surface area contributed by atoms with Gasteiger partial charge in [0.05, 0.1) is 6.10 Å². The highest BCUT2D eigenvalue weighted by Gasteiger charge is 2.30. The van der Waals surface area contributed by atoms with Crippen molar-refractivity contribution in [2.24, 2.45) is 5.92 Å². The summed E-state index contributed by atoms with van der Waals surface area (Å²) in [5.74, 6) is 0.390. The van der Waals surface area contributed by atoms with Crippen LogP contribution in [0.25, 0.3) is 0 Å². The van der Waals surface area contributed by atoms with E-state index in [9.17, 15) is 14.7 Å². The fourth-order valence-corrected chi connectivity index (χ4v) is 4.33. The summed E-state index contributed by atoms with van der Waals surface area (Å²) in [5, 5.41) is 10.1. The van der Waals surface area contributed by atoms with Crippen molar-refractivity contribution in [1.29, 1.82) is 0 Å². The number of rotatable bonds is 7. The molecule has 1 amide bonds. The van der Waals surface area contributed by atoms with Crippen molar-refractivity contribution in [2.75, 3.05) is 71.4 Å². The van der Waals surface area contributed by atoms with Crippen LogP contribution in [0.15, 0.2) is 24.3 Å². The molecule has 7 heteroatoms. The van der Waals surface area contributed by atoms with Gasteiger partial charge in [-0.05, 0) is 51.2 Å². The van der Waals surface area contributed by atoms with E-state index in [1.807, 2.05) is 48.2 Å². The molecule has 3 rings (SSSR count). The summed E-state index contributed by atoms with van der Waals surface area (Å²) in [6.45, 7) is 6.23. The van der Waals surface area contributed by atoms with E-state index in [2.05, 4.69) is 9.80 Å². The first-order valence-corrected chi connectivity index (χ1v) is 10.6. The number of carbonyl (C=O) groups is 2. The molecule has 2 saturated heterocycles. The van der Waals surface area contributed by atoms with Crippen molar-refractivity contribution in [3.63, 3.8) is 0 Å². The van der Waals surface area contributed by atoms with Crippen LogP contribution in [0.2, 0.25) is 0 Å². The Balaban J connectivity index is 1.42. The number of benzene rings is 1. The molecule has 2 aliphatic rings. The number of β-amino-alcohol motifs (C(OH)–C–C–N with tert-alkyl or cyclic N) is 1. The number of nitrogens with zero attached hydrogens (tertiary/aromatic N) is 4. The minimum absolute atomic E-state index is 0.103. The summed E-state index contributed by atoms with van der Waals surface area (Å²) in [7, 11) is 3.93. The molecule has 160 valence electrons. The van der Waals surface area contributed by atoms with Crippen molar-refractivity contribution in [2.45, 2.75) is 18.9 Å². The lowest BCUT2D eigenvalue weighted by molar-refractivity contribution is -0.138. The van der Waals surface area contributed by atoms with Crippen LogP contribution in [0, 0.1) is 5.92 Å². The van der Waals surface area contributed by atoms with E-state index in [0.717, 1.165) is 64.1 Å². The maximum atomic E-state index is 12.9. The van der Waals surface area contributed by atoms with Gasteiger partial charge in [0, 0.05) is 69.5 Å². The molecule has 2 fully saturated rings. The molecule has 0 spiro atoms. The Morgan fingerprint density at radius 3 is 2.28 bits per heavy atom. The molecule has 1 atom stereocenters. The van der Waals surface area contributed by atoms with Gasteiger partial charge in [0.25, 0.3) is 0 Å². The summed E-state index contributed by atoms with van der Waals surface area (Å²) < 4.78 is 0. The normalized spacial score (nSPS) is 20.1. The first-order valence-electron chi connectivity index (χ1n) is 10.6. The maximum Gasteiger partial charge on any atom is 0.225 e. The third kappa shape index (κ3) is 6.01. The second-order valence-corrected chi connectivity index (χ2v) is 8.51. The lowest BCUT2D eigenvalue weighted by Gasteiger charge is -2.39. The maximum absolute atomic E-state index is 12.9. The zero-order valence-electron chi connectivity index (χ0n) is 17.7. The average Bonchev–Trinajstić information content (AvgIpc) is 2.73. The second kappa shape index (κ2) is 10.2. The number of anilines is 1. The number of amides is 1. The van der Waals surface area contributed by atoms with Crippen molar-refractivity contribution in [3.05, 3.63) is 29.8 Å². The highest BCUT2D eigenvalue weighted by molar-refractivity contribution is 5.79. The van der Waals surface area contributed by atoms with Crippen molar-refractivity contribution >= 4 is 17.9 Å². The van der Waals surface area contributed by atoms with Crippen LogP contribution in [0.3, 0.4) is 0 Å². The predicted octanol–water partition coefficient (Wildman–Crippen LogP) is 0.782. The van der Waals surface area contributed by atoms with Gasteiger partial charge in [-0.1, -0.05) is 0 Å². The first-order chi connectivity index (χ1) is 14.0. The molecule has 1 N–H and O–H groups in total. The summed E-state index contributed by atoms with van der Waals surface area (Å²) in [4.78, 5) is 32.3. The fraction of sp³-hybridized carbons (Fsp3) is 0.636. The van der Waals surface area contributed by atoms with Crippen molar-refractivity contribution in [1.82, 2.24) is 14.7 Å². The molecule has 0 aliphatic carbocycles. The minimum Gasteiger partial charge on any atom is -0.390 e. The Bertz CT molecular complexity index is 663. The molecule has 2 aliphatic heterocycles. The van der Waals surface area contributed by atoms with E-state index in [1.54, 1.807) is 0 Å². The topological polar surface area (TPSA) is 67.3 Å². The third-order valence-electron chi connectivity index (χ3n) is 5.97. The number of hydrogen-bond donors (Lipinski definition) is 1. The highest BCUT2D eigenvalue weighted by atomic mass is 16.3. The Hall–Kier alpha value is -1.96. The number of carbonyl (C=O) groups excluding carboxylic acids is 2. The molecule has 0 radical (unpaired) electrons. The van der Waals surface area contributed by atoms with E-state index >= 15 is 0 Å². The highest BCUT2D eigenvalue weighted by Crippen LogP contribution is 2.25. The van der Waals surface area contributed by atoms with Gasteiger partial charge in [-0.15, -0.1) is 0 Å². The standard InChI is InChI=1S/C22H34N4O3/c1-23(2)15-21(28)16-24-11-13-26(14-12-24)22(29)19-7-9-25(10-8-19)20-5-3-18(17-27)4-6-20/h3-6,17,19,21,28H,7-16H2,1-2H3/t21-/m0/s1. The zero-order chi connectivity index (χ0) is 20.8. The Morgan fingerprint density at radius 2 is 1.72 bits per heavy atom. The molecule has 7 nitrogen and oxygen atoms in total. The Labute approximate surface area is 173 Å². The lowest BCUT2D eigenvalue weighted by atomic mass is 9.94. The second-order valence-electron chi connectivity index (χ2n) is 8.51. The average molecular weight is 403 g/mol. The Kier molecular flexibility index (Phi) is 7.64. The van der Waals surface area contributed by atoms with Gasteiger partial charge in [-0.25, -0.2) is 0 Å². The molecule has 0 aromatic heterocycles. The van der Waals surface area contributed by atoms with Gasteiger partial charge in [0.1, 0.15) is 6.29 Å². The van der Waals surface area contributed by atoms with Crippen molar-refractivity contribution < 1.29 is 14.7 Å². The van der Waals surface area contributed by atoms with Gasteiger partial charge in [0.15, 0.2) is 0 Å². The molecule has 0 saturated carbocycles. The molecule has 0 unspecified atom stereocenters. The van der Waals surface area contributed by atoms with E-state index in [0.29, 0.717) is 18.7 Å². The third-order valence-corrected chi connectivity index (χ3v) is 5.97. The number of hydrogen-bond acceptors (Lipinski definition) is 6. The quantitative estimate of drug-likeness (QED) is 0.680. The van der Waals surface area contributed by atoms with E-state index in [1.165, 1.54) is 0 Å². The summed E-state index contributed by atoms with van der Waals surface area (Å²) in [6.07, 6.45) is 2.25. The smallest absolute Gasteiger partial charge is 0.225 e. The monoisotopic (exact) mass is 402 g/mol. The number of piperidine rings is 1. The summed E-state index contributed by atoms with van der Waals surface area (Å²) in [6, 6.07) is 7.65. The van der Waals surface area contributed by atoms with Crippen LogP contribution < -0.4 is 4.90 Å². The van der Waals surface area contributed by atoms with Gasteiger partial charge < -0.3 is 19.8 Å². The zero-order valence-corrected chi connectivity index (χ0v) is 17.7. The number of likely N-dealkylation sites (N-methyl/N-ethyl adjacent to an activating group) is 1. The van der Waals surface area contributed by atoms with Crippen LogP contribution in [0.1, 0.15) is 23.2 Å². The van der Waals surface area contributed by atoms with Gasteiger partial charge in [-0.2, -0.15) is 0 Å². The number of piperazine rings is 1. The van der Waals surface area contributed by atoms with E-state index < -0.39 is 0 Å². The molecule has 0 bridgehead atoms. The fourth-order valence-electron chi connectivity index (χ4n) is 4.33. The van der Waals surface area contributed by atoms with E-state index in [4.69, 9.17) is 0 Å². The molecule has 1 aromatic rings. The van der Waals surface area contributed by atoms with Gasteiger partial charge in [-0.3, -0.25) is 14.5 Å². The number of aldehydes is 1. The lowest BCUT2D eigenvalue weighted by Crippen LogP contribution is -2.53. The SMILES string of the molecule is CN(C)C[C@H](O)CN1CCN(C(=O)C2CCN(c3ccc(C=O)cc3)CC2)CC1. The van der Waals surface area contributed by atoms with Crippen LogP contribution in [-0.4, -0.2) is 105 Å². The van der Waals surface area contributed by atoms with Gasteiger partial charge in [0.2, 0.25) is 5.91 Å². The Morgan fingerprint density at radius 1 is 1.10 bits per heavy atom. The number of aliphatic hydroxyl groups excluding tert-OH is 1. The van der Waals surface area contributed by atoms with E-state index in [-0.39, 0.29) is 17.9 Å². The van der Waals surface area contributed by atoms with Crippen LogP contribution in [-0.2, 0) is 4.79 Å². The first kappa shape index (κ1) is 21.7. The molecular weight excluding hydrogens is 368 g/mol. The van der Waals surface area contributed by atoms with Crippen molar-refractivity contribution in [3.8, 4) is 0 Å². The largest absolute Gasteiger partial charge is 0.390 e. The van der Waals surface area contributed by atoms with Crippen LogP contribution in [0.5, 0.6) is 0 Å². The molecular formula is C22H34N4O3. The van der Waals surface area contributed by atoms with Crippen LogP contribution >= 0.6 is 0 Å². The molecule has 29 heavy (non-hydrogen) atoms. The number of aliphatic hydroxyl groups is 1. The summed E-state index contributed by atoms with van der Waals surface area (Å²) >= 11 is 0. The molecule has 1 aromatic carbocycles. The molecule has 2 heterocycles. The predicted molar refractivity (Wildman–Crippen MR) is 114 cm³/mol. The van der Waals surface area contributed by atoms with Crippen LogP contribution in [0.4, 0.5) is 5.69 Å². The minimum atomic E-state index is -0.350. The summed E-state index contributed by atoms with van der Waals surface area (Å²) in [5.41, 5.74) is 1.80. The van der Waals surface area contributed by atoms with Gasteiger partial charge >= 0.3 is 0 Å².